The molecule has 0 unspecified atom stereocenters. The van der Waals surface area contributed by atoms with Crippen LogP contribution in [0.15, 0.2) is 9.68 Å². The normalized spacial score (nSPS) is 15.2. The monoisotopic (exact) mass is 205 g/mol. The zero-order valence-corrected chi connectivity index (χ0v) is 7.02. The van der Waals surface area contributed by atoms with E-state index >= 15 is 0 Å². The van der Waals surface area contributed by atoms with Crippen molar-refractivity contribution < 1.29 is 13.7 Å². The molecule has 0 atom stereocenters. The summed E-state index contributed by atoms with van der Waals surface area (Å²) in [7, 11) is 0. The van der Waals surface area contributed by atoms with E-state index < -0.39 is 0 Å². The molecular formula is C3HN4O3S2. The molecule has 1 aromatic heterocycles. The summed E-state index contributed by atoms with van der Waals surface area (Å²) < 4.78 is 12.7. The van der Waals surface area contributed by atoms with Crippen molar-refractivity contribution in [2.45, 2.75) is 0 Å². The van der Waals surface area contributed by atoms with E-state index in [-0.39, 0.29) is 15.7 Å². The molecule has 0 spiro atoms. The molecule has 2 rings (SSSR count). The van der Waals surface area contributed by atoms with Crippen molar-refractivity contribution in [3.05, 3.63) is 16.4 Å². The minimum Gasteiger partial charge on any atom is -0.386 e. The number of rotatable bonds is 0. The molecule has 0 saturated heterocycles. The largest absolute Gasteiger partial charge is 0.427 e. The van der Waals surface area contributed by atoms with Gasteiger partial charge < -0.3 is 9.73 Å². The number of nitrogens with one attached hydrogen (secondary N) is 1. The number of nitrogens with zero attached hydrogens (tertiary/aromatic N) is 3. The molecule has 0 saturated carbocycles. The molecule has 63 valence electrons. The second-order valence-electron chi connectivity index (χ2n) is 1.72. The first-order chi connectivity index (χ1) is 5.77. The summed E-state index contributed by atoms with van der Waals surface area (Å²) in [5.74, 6) is 0.253. The first-order valence-electron chi connectivity index (χ1n) is 2.69. The average Bonchev–Trinajstić information content (AvgIpc) is 2.58. The van der Waals surface area contributed by atoms with Crippen molar-refractivity contribution >= 4 is 30.4 Å². The Balaban J connectivity index is 2.45. The van der Waals surface area contributed by atoms with Crippen LogP contribution in [-0.4, -0.2) is 10.5 Å². The summed E-state index contributed by atoms with van der Waals surface area (Å²) >= 11 is 5.57. The Bertz CT molecular complexity index is 381. The van der Waals surface area contributed by atoms with Gasteiger partial charge in [-0.05, 0) is 22.3 Å². The standard InChI is InChI=1S/C3HN4O3S2/c8-7-1-6(3(11)9-7)2-4-10-12-5-2/h(H,4,5). The van der Waals surface area contributed by atoms with Gasteiger partial charge in [-0.1, -0.05) is 0 Å². The molecule has 1 aliphatic rings. The van der Waals surface area contributed by atoms with Gasteiger partial charge in [0.25, 0.3) is 4.84 Å². The van der Waals surface area contributed by atoms with Gasteiger partial charge in [0, 0.05) is 0 Å². The van der Waals surface area contributed by atoms with Crippen LogP contribution in [0.1, 0.15) is 0 Å². The van der Waals surface area contributed by atoms with Gasteiger partial charge in [-0.25, -0.2) is 4.72 Å². The van der Waals surface area contributed by atoms with E-state index in [1.54, 1.807) is 0 Å². The topological polar surface area (TPSA) is 78.6 Å². The Hall–Kier alpha value is -1.22. The van der Waals surface area contributed by atoms with Crippen LogP contribution in [0, 0.1) is 16.4 Å². The van der Waals surface area contributed by atoms with Crippen molar-refractivity contribution in [3.8, 4) is 0 Å². The third-order valence-corrected chi connectivity index (χ3v) is 1.70. The molecule has 7 nitrogen and oxygen atoms in total. The zero-order chi connectivity index (χ0) is 8.55. The van der Waals surface area contributed by atoms with Crippen LogP contribution in [0.5, 0.6) is 0 Å². The average molecular weight is 205 g/mol. The molecule has 0 fully saturated rings. The molecule has 0 amide bonds. The Labute approximate surface area is 75.5 Å². The Kier molecular flexibility index (Phi) is 1.66. The molecule has 9 heteroatoms. The van der Waals surface area contributed by atoms with Crippen molar-refractivity contribution in [1.29, 1.82) is 0 Å². The van der Waals surface area contributed by atoms with Crippen LogP contribution < -0.4 is 9.63 Å². The van der Waals surface area contributed by atoms with Crippen LogP contribution >= 0.6 is 24.4 Å². The third kappa shape index (κ3) is 1.12. The van der Waals surface area contributed by atoms with E-state index in [1.165, 1.54) is 0 Å². The second-order valence-corrected chi connectivity index (χ2v) is 2.59. The minimum absolute atomic E-state index is 0.0534. The van der Waals surface area contributed by atoms with Gasteiger partial charge in [0.2, 0.25) is 12.2 Å². The van der Waals surface area contributed by atoms with E-state index in [4.69, 9.17) is 0 Å². The molecule has 1 aromatic rings. The van der Waals surface area contributed by atoms with Gasteiger partial charge in [-0.15, -0.1) is 4.57 Å². The lowest BCUT2D eigenvalue weighted by Gasteiger charge is -1.85. The summed E-state index contributed by atoms with van der Waals surface area (Å²) in [4.78, 5) is 0.0533. The third-order valence-electron chi connectivity index (χ3n) is 1.03. The number of hydrogen-bond acceptors (Lipinski definition) is 7. The van der Waals surface area contributed by atoms with Gasteiger partial charge in [0.1, 0.15) is 0 Å². The minimum atomic E-state index is -0.0534. The fourth-order valence-electron chi connectivity index (χ4n) is 0.603. The van der Waals surface area contributed by atoms with E-state index in [2.05, 4.69) is 37.2 Å². The molecule has 0 aromatic carbocycles. The van der Waals surface area contributed by atoms with Crippen LogP contribution in [0.2, 0.25) is 0 Å². The summed E-state index contributed by atoms with van der Waals surface area (Å²) in [5.41, 5.74) is 0. The first-order valence-corrected chi connectivity index (χ1v) is 3.84. The molecular weight excluding hydrogens is 204 g/mol. The Morgan fingerprint density at radius 1 is 1.83 bits per heavy atom. The molecule has 1 N–H and O–H groups in total. The second kappa shape index (κ2) is 2.68. The summed E-state index contributed by atoms with van der Waals surface area (Å²) in [5, 5.41) is 14.0. The maximum atomic E-state index is 10.5. The molecule has 1 aliphatic heterocycles. The Morgan fingerprint density at radius 3 is 3.17 bits per heavy atom. The van der Waals surface area contributed by atoms with Crippen LogP contribution in [-0.2, 0) is 4.28 Å². The van der Waals surface area contributed by atoms with Crippen molar-refractivity contribution in [3.63, 3.8) is 0 Å². The van der Waals surface area contributed by atoms with E-state index in [0.29, 0.717) is 0 Å². The van der Waals surface area contributed by atoms with Crippen molar-refractivity contribution in [2.75, 3.05) is 0 Å². The summed E-state index contributed by atoms with van der Waals surface area (Å²) in [6.07, 6.45) is 2.21. The summed E-state index contributed by atoms with van der Waals surface area (Å²) in [6.45, 7) is 0. The van der Waals surface area contributed by atoms with E-state index in [1.807, 2.05) is 0 Å². The van der Waals surface area contributed by atoms with Gasteiger partial charge >= 0.3 is 12.3 Å². The highest BCUT2D eigenvalue weighted by Gasteiger charge is 2.19. The molecule has 1 radical (unpaired) electrons. The van der Waals surface area contributed by atoms with Crippen LogP contribution in [0.25, 0.3) is 0 Å². The lowest BCUT2D eigenvalue weighted by atomic mass is 10.9. The molecule has 12 heavy (non-hydrogen) atoms. The lowest BCUT2D eigenvalue weighted by molar-refractivity contribution is -0.797. The molecule has 0 bridgehead atoms. The number of oxime groups is 1. The van der Waals surface area contributed by atoms with Crippen LogP contribution in [0.3, 0.4) is 0 Å². The van der Waals surface area contributed by atoms with E-state index in [9.17, 15) is 5.21 Å². The zero-order valence-electron chi connectivity index (χ0n) is 5.38. The lowest BCUT2D eigenvalue weighted by Crippen LogP contribution is -2.26. The maximum Gasteiger partial charge on any atom is 0.427 e. The first kappa shape index (κ1) is 7.43. The quantitative estimate of drug-likeness (QED) is 0.267. The maximum absolute atomic E-state index is 10.5. The summed E-state index contributed by atoms with van der Waals surface area (Å²) in [6, 6.07) is 0. The van der Waals surface area contributed by atoms with Crippen molar-refractivity contribution in [2.24, 2.45) is 5.16 Å². The Morgan fingerprint density at radius 2 is 2.67 bits per heavy atom. The van der Waals surface area contributed by atoms with Gasteiger partial charge in [-0.3, -0.25) is 4.28 Å². The van der Waals surface area contributed by atoms with E-state index in [0.717, 1.165) is 16.8 Å². The number of hydrogen-bond donors (Lipinski definition) is 1. The SMILES string of the molecule is [O-][n+]1[c]n(C2=NOSN2)c(=S)o1. The van der Waals surface area contributed by atoms with Gasteiger partial charge in [-0.2, -0.15) is 0 Å². The van der Waals surface area contributed by atoms with Crippen molar-refractivity contribution in [1.82, 2.24) is 9.29 Å². The number of aromatic nitrogens is 2. The van der Waals surface area contributed by atoms with Crippen LogP contribution in [0.4, 0.5) is 0 Å². The highest BCUT2D eigenvalue weighted by Crippen LogP contribution is 2.06. The fourth-order valence-corrected chi connectivity index (χ4v) is 1.15. The highest BCUT2D eigenvalue weighted by atomic mass is 32.2. The smallest absolute Gasteiger partial charge is 0.386 e. The molecule has 2 heterocycles. The predicted molar refractivity (Wildman–Crippen MR) is 40.0 cm³/mol. The molecule has 0 aliphatic carbocycles. The van der Waals surface area contributed by atoms with Gasteiger partial charge in [0.15, 0.2) is 0 Å². The van der Waals surface area contributed by atoms with Gasteiger partial charge in [0.05, 0.1) is 0 Å². The fraction of sp³-hybridized carbons (Fsp3) is 0. The predicted octanol–water partition coefficient (Wildman–Crippen LogP) is -0.454. The highest BCUT2D eigenvalue weighted by molar-refractivity contribution is 7.93.